The summed E-state index contributed by atoms with van der Waals surface area (Å²) in [4.78, 5) is 14.9. The number of para-hydroxylation sites is 1. The number of aryl methyl sites for hydroxylation is 2. The standard InChI is InChI=1S/C25H28N4O2/c1-17-8-9-20(16-18(17)2)26-25(30)19-12-14-29(15-13-19)24-11-10-22(27-28-24)21-6-4-5-7-23(21)31-3/h4-11,16,19H,12-15H2,1-3H3,(H,26,30). The molecule has 1 aromatic heterocycles. The van der Waals surface area contributed by atoms with Crippen LogP contribution >= 0.6 is 0 Å². The second-order valence-corrected chi connectivity index (χ2v) is 8.03. The van der Waals surface area contributed by atoms with Crippen LogP contribution in [0, 0.1) is 19.8 Å². The number of carbonyl (C=O) groups is 1. The zero-order valence-corrected chi connectivity index (χ0v) is 18.3. The van der Waals surface area contributed by atoms with Gasteiger partial charge in [-0.15, -0.1) is 10.2 Å². The first-order valence-corrected chi connectivity index (χ1v) is 10.7. The molecular formula is C25H28N4O2. The minimum Gasteiger partial charge on any atom is -0.496 e. The summed E-state index contributed by atoms with van der Waals surface area (Å²) in [5.41, 5.74) is 4.98. The van der Waals surface area contributed by atoms with Crippen molar-refractivity contribution in [1.82, 2.24) is 10.2 Å². The molecule has 0 aliphatic carbocycles. The summed E-state index contributed by atoms with van der Waals surface area (Å²) in [6.07, 6.45) is 1.60. The highest BCUT2D eigenvalue weighted by Gasteiger charge is 2.26. The smallest absolute Gasteiger partial charge is 0.227 e. The van der Waals surface area contributed by atoms with Crippen LogP contribution in [0.3, 0.4) is 0 Å². The normalized spacial score (nSPS) is 14.4. The molecule has 0 atom stereocenters. The van der Waals surface area contributed by atoms with Crippen molar-refractivity contribution in [2.24, 2.45) is 5.92 Å². The molecule has 6 heteroatoms. The second kappa shape index (κ2) is 9.16. The van der Waals surface area contributed by atoms with Crippen molar-refractivity contribution in [2.75, 3.05) is 30.4 Å². The lowest BCUT2D eigenvalue weighted by molar-refractivity contribution is -0.120. The average molecular weight is 417 g/mol. The van der Waals surface area contributed by atoms with Gasteiger partial charge in [0.1, 0.15) is 5.75 Å². The topological polar surface area (TPSA) is 67.3 Å². The lowest BCUT2D eigenvalue weighted by Gasteiger charge is -2.31. The third kappa shape index (κ3) is 4.68. The van der Waals surface area contributed by atoms with E-state index in [2.05, 4.69) is 34.3 Å². The Morgan fingerprint density at radius 3 is 2.45 bits per heavy atom. The van der Waals surface area contributed by atoms with Gasteiger partial charge in [-0.25, -0.2) is 0 Å². The summed E-state index contributed by atoms with van der Waals surface area (Å²) in [5.74, 6) is 1.73. The molecule has 0 radical (unpaired) electrons. The Balaban J connectivity index is 1.36. The maximum atomic E-state index is 12.7. The molecule has 0 saturated carbocycles. The second-order valence-electron chi connectivity index (χ2n) is 8.03. The van der Waals surface area contributed by atoms with E-state index in [1.807, 2.05) is 54.6 Å². The number of ether oxygens (including phenoxy) is 1. The lowest BCUT2D eigenvalue weighted by atomic mass is 9.95. The molecule has 1 aliphatic rings. The predicted molar refractivity (Wildman–Crippen MR) is 124 cm³/mol. The molecule has 31 heavy (non-hydrogen) atoms. The molecule has 0 bridgehead atoms. The molecule has 2 heterocycles. The number of benzene rings is 2. The summed E-state index contributed by atoms with van der Waals surface area (Å²) in [6.45, 7) is 5.70. The van der Waals surface area contributed by atoms with Crippen molar-refractivity contribution in [2.45, 2.75) is 26.7 Å². The lowest BCUT2D eigenvalue weighted by Crippen LogP contribution is -2.38. The molecule has 6 nitrogen and oxygen atoms in total. The molecule has 1 N–H and O–H groups in total. The van der Waals surface area contributed by atoms with Gasteiger partial charge in [0.15, 0.2) is 5.82 Å². The van der Waals surface area contributed by atoms with Crippen molar-refractivity contribution in [3.8, 4) is 17.0 Å². The number of piperidine rings is 1. The molecule has 1 saturated heterocycles. The van der Waals surface area contributed by atoms with E-state index in [0.29, 0.717) is 0 Å². The molecule has 1 amide bonds. The van der Waals surface area contributed by atoms with E-state index < -0.39 is 0 Å². The molecule has 3 aromatic rings. The summed E-state index contributed by atoms with van der Waals surface area (Å²) in [7, 11) is 1.65. The Bertz CT molecular complexity index is 1060. The van der Waals surface area contributed by atoms with Gasteiger partial charge in [0, 0.05) is 30.3 Å². The van der Waals surface area contributed by atoms with Crippen molar-refractivity contribution in [3.05, 3.63) is 65.7 Å². The number of anilines is 2. The fourth-order valence-corrected chi connectivity index (χ4v) is 3.93. The van der Waals surface area contributed by atoms with Gasteiger partial charge in [0.05, 0.1) is 12.8 Å². The first kappa shape index (κ1) is 20.8. The molecule has 160 valence electrons. The Morgan fingerprint density at radius 2 is 1.77 bits per heavy atom. The number of methoxy groups -OCH3 is 1. The van der Waals surface area contributed by atoms with Gasteiger partial charge >= 0.3 is 0 Å². The maximum Gasteiger partial charge on any atom is 0.227 e. The number of aromatic nitrogens is 2. The number of nitrogens with zero attached hydrogens (tertiary/aromatic N) is 3. The third-order valence-electron chi connectivity index (χ3n) is 6.00. The number of hydrogen-bond donors (Lipinski definition) is 1. The largest absolute Gasteiger partial charge is 0.496 e. The van der Waals surface area contributed by atoms with Gasteiger partial charge in [-0.3, -0.25) is 4.79 Å². The molecule has 0 unspecified atom stereocenters. The van der Waals surface area contributed by atoms with Gasteiger partial charge in [-0.2, -0.15) is 0 Å². The van der Waals surface area contributed by atoms with Crippen molar-refractivity contribution in [1.29, 1.82) is 0 Å². The molecule has 1 fully saturated rings. The molecule has 2 aromatic carbocycles. The van der Waals surface area contributed by atoms with Gasteiger partial charge in [0.2, 0.25) is 5.91 Å². The van der Waals surface area contributed by atoms with Crippen LogP contribution in [0.1, 0.15) is 24.0 Å². The van der Waals surface area contributed by atoms with Crippen LogP contribution in [-0.4, -0.2) is 36.3 Å². The third-order valence-corrected chi connectivity index (χ3v) is 6.00. The maximum absolute atomic E-state index is 12.7. The van der Waals surface area contributed by atoms with E-state index in [0.717, 1.165) is 54.4 Å². The molecular weight excluding hydrogens is 388 g/mol. The minimum absolute atomic E-state index is 0.0127. The van der Waals surface area contributed by atoms with E-state index in [-0.39, 0.29) is 11.8 Å². The Morgan fingerprint density at radius 1 is 1.00 bits per heavy atom. The summed E-state index contributed by atoms with van der Waals surface area (Å²) < 4.78 is 5.42. The van der Waals surface area contributed by atoms with Crippen LogP contribution < -0.4 is 15.0 Å². The van der Waals surface area contributed by atoms with Crippen LogP contribution in [0.25, 0.3) is 11.3 Å². The van der Waals surface area contributed by atoms with E-state index in [9.17, 15) is 4.79 Å². The van der Waals surface area contributed by atoms with Crippen LogP contribution in [-0.2, 0) is 4.79 Å². The molecule has 1 aliphatic heterocycles. The highest BCUT2D eigenvalue weighted by atomic mass is 16.5. The van der Waals surface area contributed by atoms with E-state index in [4.69, 9.17) is 4.74 Å². The number of rotatable bonds is 5. The quantitative estimate of drug-likeness (QED) is 0.657. The van der Waals surface area contributed by atoms with Crippen molar-refractivity contribution >= 4 is 17.4 Å². The monoisotopic (exact) mass is 416 g/mol. The summed E-state index contributed by atoms with van der Waals surface area (Å²) >= 11 is 0. The Labute approximate surface area is 183 Å². The zero-order chi connectivity index (χ0) is 21.8. The van der Waals surface area contributed by atoms with Gasteiger partial charge in [0.25, 0.3) is 0 Å². The fourth-order valence-electron chi connectivity index (χ4n) is 3.93. The van der Waals surface area contributed by atoms with Gasteiger partial charge < -0.3 is 15.0 Å². The number of amides is 1. The van der Waals surface area contributed by atoms with Crippen LogP contribution in [0.4, 0.5) is 11.5 Å². The summed E-state index contributed by atoms with van der Waals surface area (Å²) in [6, 6.07) is 17.8. The Kier molecular flexibility index (Phi) is 6.16. The van der Waals surface area contributed by atoms with Gasteiger partial charge in [-0.05, 0) is 74.2 Å². The van der Waals surface area contributed by atoms with Gasteiger partial charge in [-0.1, -0.05) is 18.2 Å². The first-order valence-electron chi connectivity index (χ1n) is 10.7. The fraction of sp³-hybridized carbons (Fsp3) is 0.320. The highest BCUT2D eigenvalue weighted by molar-refractivity contribution is 5.92. The molecule has 4 rings (SSSR count). The zero-order valence-electron chi connectivity index (χ0n) is 18.3. The number of nitrogens with one attached hydrogen (secondary N) is 1. The van der Waals surface area contributed by atoms with E-state index in [1.54, 1.807) is 7.11 Å². The van der Waals surface area contributed by atoms with Crippen molar-refractivity contribution < 1.29 is 9.53 Å². The molecule has 0 spiro atoms. The first-order chi connectivity index (χ1) is 15.0. The highest BCUT2D eigenvalue weighted by Crippen LogP contribution is 2.29. The number of carbonyl (C=O) groups excluding carboxylic acids is 1. The minimum atomic E-state index is 0.0127. The van der Waals surface area contributed by atoms with Crippen LogP contribution in [0.15, 0.2) is 54.6 Å². The average Bonchev–Trinajstić information content (AvgIpc) is 2.81. The Hall–Kier alpha value is -3.41. The van der Waals surface area contributed by atoms with Crippen LogP contribution in [0.2, 0.25) is 0 Å². The summed E-state index contributed by atoms with van der Waals surface area (Å²) in [5, 5.41) is 11.9. The van der Waals surface area contributed by atoms with E-state index in [1.165, 1.54) is 11.1 Å². The van der Waals surface area contributed by atoms with E-state index >= 15 is 0 Å². The van der Waals surface area contributed by atoms with Crippen LogP contribution in [0.5, 0.6) is 5.75 Å². The predicted octanol–water partition coefficient (Wildman–Crippen LogP) is 4.62. The SMILES string of the molecule is COc1ccccc1-c1ccc(N2CCC(C(=O)Nc3ccc(C)c(C)c3)CC2)nn1. The van der Waals surface area contributed by atoms with Crippen molar-refractivity contribution in [3.63, 3.8) is 0 Å². The number of hydrogen-bond acceptors (Lipinski definition) is 5.